The molecule has 0 atom stereocenters. The number of hydrogen-bond acceptors (Lipinski definition) is 3. The van der Waals surface area contributed by atoms with E-state index in [1.807, 2.05) is 37.3 Å². The topological polar surface area (TPSA) is 51.2 Å². The Bertz CT molecular complexity index is 581. The van der Waals surface area contributed by atoms with Gasteiger partial charge in [0.05, 0.1) is 6.61 Å². The van der Waals surface area contributed by atoms with E-state index in [0.717, 1.165) is 28.8 Å². The highest BCUT2D eigenvalue weighted by atomic mass is 16.5. The Morgan fingerprint density at radius 3 is 2.95 bits per heavy atom. The van der Waals surface area contributed by atoms with E-state index < -0.39 is 0 Å². The molecule has 0 bridgehead atoms. The van der Waals surface area contributed by atoms with Crippen LogP contribution in [0.3, 0.4) is 0 Å². The lowest BCUT2D eigenvalue weighted by Crippen LogP contribution is -2.22. The van der Waals surface area contributed by atoms with Crippen molar-refractivity contribution >= 4 is 16.8 Å². The molecule has 0 unspecified atom stereocenters. The minimum Gasteiger partial charge on any atom is -0.491 e. The molecule has 1 heterocycles. The zero-order valence-electron chi connectivity index (χ0n) is 11.3. The summed E-state index contributed by atoms with van der Waals surface area (Å²) in [6.07, 6.45) is 0.780. The van der Waals surface area contributed by atoms with Crippen LogP contribution in [0.4, 0.5) is 0 Å². The van der Waals surface area contributed by atoms with Gasteiger partial charge in [-0.1, -0.05) is 18.2 Å². The van der Waals surface area contributed by atoms with E-state index in [9.17, 15) is 4.79 Å². The SMILES string of the molecule is CC(=O)NCCCOc1cccc2ccc(C)nc12. The molecule has 0 spiro atoms. The lowest BCUT2D eigenvalue weighted by molar-refractivity contribution is -0.118. The number of para-hydroxylation sites is 1. The number of rotatable bonds is 5. The van der Waals surface area contributed by atoms with Gasteiger partial charge < -0.3 is 10.1 Å². The number of nitrogens with zero attached hydrogens (tertiary/aromatic N) is 1. The predicted molar refractivity (Wildman–Crippen MR) is 75.3 cm³/mol. The fourth-order valence-electron chi connectivity index (χ4n) is 1.85. The van der Waals surface area contributed by atoms with E-state index in [0.29, 0.717) is 13.2 Å². The van der Waals surface area contributed by atoms with Gasteiger partial charge in [0, 0.05) is 24.5 Å². The van der Waals surface area contributed by atoms with Crippen molar-refractivity contribution in [3.8, 4) is 5.75 Å². The van der Waals surface area contributed by atoms with Crippen molar-refractivity contribution in [2.24, 2.45) is 0 Å². The maximum absolute atomic E-state index is 10.7. The van der Waals surface area contributed by atoms with Gasteiger partial charge in [0.1, 0.15) is 11.3 Å². The average molecular weight is 258 g/mol. The molecule has 0 fully saturated rings. The normalized spacial score (nSPS) is 10.4. The summed E-state index contributed by atoms with van der Waals surface area (Å²) in [6, 6.07) is 9.94. The van der Waals surface area contributed by atoms with Crippen LogP contribution in [0.25, 0.3) is 10.9 Å². The van der Waals surface area contributed by atoms with Gasteiger partial charge in [-0.3, -0.25) is 4.79 Å². The molecule has 0 saturated heterocycles. The van der Waals surface area contributed by atoms with Gasteiger partial charge in [0.2, 0.25) is 5.91 Å². The number of carbonyl (C=O) groups is 1. The first kappa shape index (κ1) is 13.3. The number of pyridine rings is 1. The second kappa shape index (κ2) is 6.18. The number of ether oxygens (including phenoxy) is 1. The van der Waals surface area contributed by atoms with E-state index >= 15 is 0 Å². The molecule has 1 N–H and O–H groups in total. The molecule has 19 heavy (non-hydrogen) atoms. The highest BCUT2D eigenvalue weighted by molar-refractivity contribution is 5.84. The monoisotopic (exact) mass is 258 g/mol. The molecule has 0 radical (unpaired) electrons. The van der Waals surface area contributed by atoms with Crippen molar-refractivity contribution < 1.29 is 9.53 Å². The zero-order chi connectivity index (χ0) is 13.7. The van der Waals surface area contributed by atoms with Gasteiger partial charge in [0.15, 0.2) is 0 Å². The zero-order valence-corrected chi connectivity index (χ0v) is 11.3. The Morgan fingerprint density at radius 1 is 1.32 bits per heavy atom. The quantitative estimate of drug-likeness (QED) is 0.838. The first-order valence-electron chi connectivity index (χ1n) is 6.40. The molecule has 0 saturated carbocycles. The summed E-state index contributed by atoms with van der Waals surface area (Å²) >= 11 is 0. The molecule has 100 valence electrons. The molecule has 2 aromatic rings. The minimum absolute atomic E-state index is 0.0116. The van der Waals surface area contributed by atoms with Crippen molar-refractivity contribution in [2.75, 3.05) is 13.2 Å². The Labute approximate surface area is 112 Å². The largest absolute Gasteiger partial charge is 0.491 e. The van der Waals surface area contributed by atoms with Crippen LogP contribution in [-0.2, 0) is 4.79 Å². The van der Waals surface area contributed by atoms with Crippen LogP contribution in [-0.4, -0.2) is 24.0 Å². The Balaban J connectivity index is 2.00. The molecule has 2 rings (SSSR count). The molecular weight excluding hydrogens is 240 g/mol. The highest BCUT2D eigenvalue weighted by Gasteiger charge is 2.03. The van der Waals surface area contributed by atoms with Gasteiger partial charge in [-0.25, -0.2) is 4.98 Å². The molecule has 4 nitrogen and oxygen atoms in total. The molecule has 0 aliphatic carbocycles. The van der Waals surface area contributed by atoms with Gasteiger partial charge in [-0.05, 0) is 25.5 Å². The van der Waals surface area contributed by atoms with Crippen LogP contribution < -0.4 is 10.1 Å². The maximum atomic E-state index is 10.7. The number of amides is 1. The van der Waals surface area contributed by atoms with Gasteiger partial charge >= 0.3 is 0 Å². The number of aryl methyl sites for hydroxylation is 1. The molecule has 4 heteroatoms. The van der Waals surface area contributed by atoms with Crippen molar-refractivity contribution in [2.45, 2.75) is 20.3 Å². The summed E-state index contributed by atoms with van der Waals surface area (Å²) in [6.45, 7) is 4.67. The maximum Gasteiger partial charge on any atom is 0.216 e. The van der Waals surface area contributed by atoms with Gasteiger partial charge in [0.25, 0.3) is 0 Å². The third-order valence-electron chi connectivity index (χ3n) is 2.78. The van der Waals surface area contributed by atoms with Gasteiger partial charge in [-0.15, -0.1) is 0 Å². The van der Waals surface area contributed by atoms with Crippen molar-refractivity contribution in [3.05, 3.63) is 36.0 Å². The van der Waals surface area contributed by atoms with Crippen molar-refractivity contribution in [1.29, 1.82) is 0 Å². The second-order valence-corrected chi connectivity index (χ2v) is 4.47. The van der Waals surface area contributed by atoms with E-state index in [1.165, 1.54) is 6.92 Å². The van der Waals surface area contributed by atoms with E-state index in [4.69, 9.17) is 4.74 Å². The van der Waals surface area contributed by atoms with Crippen LogP contribution in [0.2, 0.25) is 0 Å². The van der Waals surface area contributed by atoms with Crippen molar-refractivity contribution in [1.82, 2.24) is 10.3 Å². The van der Waals surface area contributed by atoms with Crippen LogP contribution in [0, 0.1) is 6.92 Å². The average Bonchev–Trinajstić information content (AvgIpc) is 2.38. The van der Waals surface area contributed by atoms with E-state index in [1.54, 1.807) is 0 Å². The Kier molecular flexibility index (Phi) is 4.34. The highest BCUT2D eigenvalue weighted by Crippen LogP contribution is 2.23. The number of fused-ring (bicyclic) bond motifs is 1. The fraction of sp³-hybridized carbons (Fsp3) is 0.333. The van der Waals surface area contributed by atoms with E-state index in [2.05, 4.69) is 10.3 Å². The standard InChI is InChI=1S/C15H18N2O2/c1-11-7-8-13-5-3-6-14(15(13)17-11)19-10-4-9-16-12(2)18/h3,5-8H,4,9-10H2,1-2H3,(H,16,18). The summed E-state index contributed by atoms with van der Waals surface area (Å²) in [7, 11) is 0. The molecule has 0 aliphatic rings. The third kappa shape index (κ3) is 3.68. The van der Waals surface area contributed by atoms with Crippen LogP contribution in [0.5, 0.6) is 5.75 Å². The molecule has 0 aliphatic heterocycles. The van der Waals surface area contributed by atoms with Crippen LogP contribution >= 0.6 is 0 Å². The minimum atomic E-state index is -0.0116. The fourth-order valence-corrected chi connectivity index (χ4v) is 1.85. The van der Waals surface area contributed by atoms with Crippen LogP contribution in [0.1, 0.15) is 19.0 Å². The number of aromatic nitrogens is 1. The summed E-state index contributed by atoms with van der Waals surface area (Å²) in [5.74, 6) is 0.784. The molecular formula is C15H18N2O2. The smallest absolute Gasteiger partial charge is 0.216 e. The summed E-state index contributed by atoms with van der Waals surface area (Å²) in [5, 5.41) is 3.82. The van der Waals surface area contributed by atoms with Gasteiger partial charge in [-0.2, -0.15) is 0 Å². The van der Waals surface area contributed by atoms with E-state index in [-0.39, 0.29) is 5.91 Å². The lowest BCUT2D eigenvalue weighted by Gasteiger charge is -2.09. The summed E-state index contributed by atoms with van der Waals surface area (Å²) in [4.78, 5) is 15.2. The third-order valence-corrected chi connectivity index (χ3v) is 2.78. The Hall–Kier alpha value is -2.10. The second-order valence-electron chi connectivity index (χ2n) is 4.47. The van der Waals surface area contributed by atoms with Crippen molar-refractivity contribution in [3.63, 3.8) is 0 Å². The first-order valence-corrected chi connectivity index (χ1v) is 6.40. The Morgan fingerprint density at radius 2 is 2.16 bits per heavy atom. The summed E-state index contributed by atoms with van der Waals surface area (Å²) < 4.78 is 5.74. The number of nitrogens with one attached hydrogen (secondary N) is 1. The predicted octanol–water partition coefficient (Wildman–Crippen LogP) is 2.45. The number of carbonyl (C=O) groups excluding carboxylic acids is 1. The molecule has 1 aromatic heterocycles. The molecule has 1 amide bonds. The molecule has 1 aromatic carbocycles. The number of hydrogen-bond donors (Lipinski definition) is 1. The summed E-state index contributed by atoms with van der Waals surface area (Å²) in [5.41, 5.74) is 1.86. The number of benzene rings is 1. The first-order chi connectivity index (χ1) is 9.16. The van der Waals surface area contributed by atoms with Crippen LogP contribution in [0.15, 0.2) is 30.3 Å². The lowest BCUT2D eigenvalue weighted by atomic mass is 10.2.